The highest BCUT2D eigenvalue weighted by Gasteiger charge is 2.12. The van der Waals surface area contributed by atoms with Crippen LogP contribution in [-0.2, 0) is 15.8 Å². The van der Waals surface area contributed by atoms with Crippen LogP contribution in [0.4, 0.5) is 5.69 Å². The number of nitrogens with two attached hydrogens (primary N) is 2. The van der Waals surface area contributed by atoms with Crippen LogP contribution in [0.1, 0.15) is 0 Å². The lowest BCUT2D eigenvalue weighted by atomic mass is 10.0. The van der Waals surface area contributed by atoms with Gasteiger partial charge in [0.25, 0.3) is 0 Å². The number of aromatic nitrogens is 3. The predicted molar refractivity (Wildman–Crippen MR) is 99.6 cm³/mol. The summed E-state index contributed by atoms with van der Waals surface area (Å²) in [6.07, 6.45) is 0. The van der Waals surface area contributed by atoms with Crippen LogP contribution in [-0.4, -0.2) is 41.4 Å². The van der Waals surface area contributed by atoms with Crippen LogP contribution in [0, 0.1) is 0 Å². The quantitative estimate of drug-likeness (QED) is 0.221. The largest absolute Gasteiger partial charge is 0.481 e. The number of H-pyrrole nitrogens is 1. The number of carboxylic acids is 1. The van der Waals surface area contributed by atoms with Crippen molar-refractivity contribution in [3.05, 3.63) is 42.5 Å². The molecule has 0 aliphatic carbocycles. The van der Waals surface area contributed by atoms with Gasteiger partial charge in [0.1, 0.15) is 11.0 Å². The molecule has 9 nitrogen and oxygen atoms in total. The molecule has 0 spiro atoms. The smallest absolute Gasteiger partial charge is 0.313 e. The van der Waals surface area contributed by atoms with Crippen molar-refractivity contribution in [1.29, 1.82) is 0 Å². The third-order valence-corrected chi connectivity index (χ3v) is 5.16. The fourth-order valence-corrected chi connectivity index (χ4v) is 3.30. The van der Waals surface area contributed by atoms with Crippen LogP contribution in [0.5, 0.6) is 0 Å². The fraction of sp³-hybridized carbons (Fsp3) is 0.0625. The number of carbonyl (C=O) groups is 1. The van der Waals surface area contributed by atoms with Crippen molar-refractivity contribution < 1.29 is 24.8 Å². The Kier molecular flexibility index (Phi) is 5.98. The molecule has 3 rings (SSSR count). The van der Waals surface area contributed by atoms with Gasteiger partial charge in [-0.3, -0.25) is 9.89 Å². The Balaban J connectivity index is 1.94. The van der Waals surface area contributed by atoms with Gasteiger partial charge in [0.2, 0.25) is 5.16 Å². The molecule has 7 N–H and O–H groups in total. The van der Waals surface area contributed by atoms with E-state index in [0.29, 0.717) is 27.1 Å². The van der Waals surface area contributed by atoms with Gasteiger partial charge in [-0.1, -0.05) is 23.9 Å². The first-order valence-electron chi connectivity index (χ1n) is 7.63. The van der Waals surface area contributed by atoms with Crippen molar-refractivity contribution in [3.63, 3.8) is 0 Å². The first kappa shape index (κ1) is 19.2. The van der Waals surface area contributed by atoms with Gasteiger partial charge in [0.15, 0.2) is 11.5 Å². The number of aromatic amines is 1. The Hall–Kier alpha value is -2.57. The minimum Gasteiger partial charge on any atom is -0.481 e. The molecule has 0 fully saturated rings. The number of rotatable bonds is 7. The summed E-state index contributed by atoms with van der Waals surface area (Å²) < 4.78 is 11.3. The Labute approximate surface area is 160 Å². The number of carboxylic acid groups (broad SMARTS) is 1. The second-order valence-corrected chi connectivity index (χ2v) is 7.45. The second kappa shape index (κ2) is 8.41. The summed E-state index contributed by atoms with van der Waals surface area (Å²) in [4.78, 5) is 15.4. The van der Waals surface area contributed by atoms with Gasteiger partial charge >= 0.3 is 5.97 Å². The summed E-state index contributed by atoms with van der Waals surface area (Å²) in [5.74, 6) is -0.637. The zero-order chi connectivity index (χ0) is 19.4. The lowest BCUT2D eigenvalue weighted by molar-refractivity contribution is -0.825. The van der Waals surface area contributed by atoms with E-state index < -0.39 is 17.0 Å². The molecule has 0 saturated carbocycles. The zero-order valence-electron chi connectivity index (χ0n) is 13.8. The van der Waals surface area contributed by atoms with E-state index in [2.05, 4.69) is 15.2 Å². The minimum absolute atomic E-state index is 0.137. The molecule has 1 aromatic heterocycles. The van der Waals surface area contributed by atoms with E-state index in [9.17, 15) is 14.2 Å². The summed E-state index contributed by atoms with van der Waals surface area (Å²) in [6, 6.07) is 12.3. The predicted octanol–water partition coefficient (Wildman–Crippen LogP) is 0.881. The molecule has 140 valence electrons. The van der Waals surface area contributed by atoms with Crippen LogP contribution in [0.3, 0.4) is 0 Å². The summed E-state index contributed by atoms with van der Waals surface area (Å²) in [7, 11) is -1.55. The van der Waals surface area contributed by atoms with E-state index in [4.69, 9.17) is 10.2 Å². The summed E-state index contributed by atoms with van der Waals surface area (Å²) in [6.45, 7) is 0. The lowest BCUT2D eigenvalue weighted by Gasteiger charge is -2.06. The Morgan fingerprint density at radius 2 is 1.89 bits per heavy atom. The third-order valence-electron chi connectivity index (χ3n) is 3.59. The SMILES string of the molecule is NS(=O)c1ccc(-c2cc([NH2+]O)cc(-c3nc(SCC(=O)O)n[nH]3)c2)cc1. The number of benzene rings is 2. The molecule has 1 atom stereocenters. The summed E-state index contributed by atoms with van der Waals surface area (Å²) >= 11 is 1.01. The van der Waals surface area contributed by atoms with Crippen molar-refractivity contribution in [3.8, 4) is 22.5 Å². The minimum atomic E-state index is -1.55. The standard InChI is InChI=1S/C16H15N5O4S2/c17-27(25)13-3-1-9(2-4-13)10-5-11(7-12(6-10)21-24)15-18-16(20-19-15)26-8-14(22)23/h1-7,21,24H,8,17H2,(H,22,23)(H,18,19,20)/p+1. The van der Waals surface area contributed by atoms with E-state index in [1.165, 1.54) is 0 Å². The monoisotopic (exact) mass is 406 g/mol. The van der Waals surface area contributed by atoms with E-state index in [1.807, 2.05) is 6.07 Å². The van der Waals surface area contributed by atoms with Gasteiger partial charge in [-0.15, -0.1) is 5.10 Å². The number of hydrogen-bond donors (Lipinski definition) is 5. The van der Waals surface area contributed by atoms with E-state index in [0.717, 1.165) is 28.4 Å². The number of thioether (sulfide) groups is 1. The van der Waals surface area contributed by atoms with Crippen molar-refractivity contribution >= 4 is 34.4 Å². The fourth-order valence-electron chi connectivity index (χ4n) is 2.38. The highest BCUT2D eigenvalue weighted by molar-refractivity contribution is 7.99. The normalized spacial score (nSPS) is 12.1. The second-order valence-electron chi connectivity index (χ2n) is 5.44. The summed E-state index contributed by atoms with van der Waals surface area (Å²) in [5.41, 5.74) is 3.86. The number of nitrogens with zero attached hydrogens (tertiary/aromatic N) is 2. The molecule has 11 heteroatoms. The highest BCUT2D eigenvalue weighted by Crippen LogP contribution is 2.28. The van der Waals surface area contributed by atoms with Crippen LogP contribution in [0.2, 0.25) is 0 Å². The molecular formula is C16H16N5O4S2+. The molecule has 0 saturated heterocycles. The first-order valence-corrected chi connectivity index (χ1v) is 9.82. The molecule has 0 amide bonds. The number of aliphatic carboxylic acids is 1. The maximum atomic E-state index is 11.3. The molecule has 1 unspecified atom stereocenters. The van der Waals surface area contributed by atoms with E-state index >= 15 is 0 Å². The Morgan fingerprint density at radius 3 is 2.52 bits per heavy atom. The average molecular weight is 406 g/mol. The van der Waals surface area contributed by atoms with E-state index in [1.54, 1.807) is 36.4 Å². The number of quaternary nitrogens is 1. The Bertz CT molecular complexity index is 991. The van der Waals surface area contributed by atoms with Crippen molar-refractivity contribution in [2.75, 3.05) is 5.75 Å². The van der Waals surface area contributed by atoms with Gasteiger partial charge in [-0.25, -0.2) is 19.5 Å². The van der Waals surface area contributed by atoms with Gasteiger partial charge in [0.05, 0.1) is 10.6 Å². The van der Waals surface area contributed by atoms with Gasteiger partial charge in [0, 0.05) is 17.7 Å². The molecule has 0 radical (unpaired) electrons. The van der Waals surface area contributed by atoms with E-state index in [-0.39, 0.29) is 5.75 Å². The van der Waals surface area contributed by atoms with Crippen molar-refractivity contribution in [2.45, 2.75) is 10.1 Å². The highest BCUT2D eigenvalue weighted by atomic mass is 32.2. The van der Waals surface area contributed by atoms with Crippen LogP contribution >= 0.6 is 11.8 Å². The Morgan fingerprint density at radius 1 is 1.19 bits per heavy atom. The van der Waals surface area contributed by atoms with Crippen molar-refractivity contribution in [2.24, 2.45) is 5.14 Å². The van der Waals surface area contributed by atoms with Gasteiger partial charge in [-0.2, -0.15) is 5.48 Å². The van der Waals surface area contributed by atoms with Crippen LogP contribution < -0.4 is 10.6 Å². The third kappa shape index (κ3) is 4.78. The molecule has 0 bridgehead atoms. The average Bonchev–Trinajstić information content (AvgIpc) is 3.15. The number of hydrogen-bond acceptors (Lipinski definition) is 6. The van der Waals surface area contributed by atoms with Crippen LogP contribution in [0.15, 0.2) is 52.5 Å². The van der Waals surface area contributed by atoms with Crippen LogP contribution in [0.25, 0.3) is 22.5 Å². The maximum absolute atomic E-state index is 11.3. The van der Waals surface area contributed by atoms with Gasteiger partial charge in [-0.05, 0) is 29.3 Å². The molecular weight excluding hydrogens is 390 g/mol. The van der Waals surface area contributed by atoms with Gasteiger partial charge < -0.3 is 5.11 Å². The molecule has 3 aromatic rings. The lowest BCUT2D eigenvalue weighted by Crippen LogP contribution is -2.73. The molecule has 1 heterocycles. The zero-order valence-corrected chi connectivity index (χ0v) is 15.5. The number of nitrogens with one attached hydrogen (secondary N) is 1. The molecule has 0 aliphatic heterocycles. The van der Waals surface area contributed by atoms with Crippen molar-refractivity contribution in [1.82, 2.24) is 15.2 Å². The topological polar surface area (TPSA) is 159 Å². The molecule has 2 aromatic carbocycles. The molecule has 27 heavy (non-hydrogen) atoms. The molecule has 0 aliphatic rings. The maximum Gasteiger partial charge on any atom is 0.313 e. The first-order chi connectivity index (χ1) is 13.0. The summed E-state index contributed by atoms with van der Waals surface area (Å²) in [5, 5.41) is 30.6.